The highest BCUT2D eigenvalue weighted by Crippen LogP contribution is 2.27. The number of nitrogens with one attached hydrogen (secondary N) is 2. The van der Waals surface area contributed by atoms with Crippen molar-refractivity contribution in [1.29, 1.82) is 0 Å². The Labute approximate surface area is 142 Å². The lowest BCUT2D eigenvalue weighted by atomic mass is 9.89. The lowest BCUT2D eigenvalue weighted by molar-refractivity contribution is -0.121. The highest BCUT2D eigenvalue weighted by atomic mass is 16.2. The SMILES string of the molecule is Cc1ccc(NC(=O)CCC2Cc3ccccc3NC2=O)c(C)c1. The molecule has 0 spiro atoms. The van der Waals surface area contributed by atoms with Crippen LogP contribution in [0.1, 0.15) is 29.5 Å². The van der Waals surface area contributed by atoms with Crippen LogP contribution in [0, 0.1) is 19.8 Å². The summed E-state index contributed by atoms with van der Waals surface area (Å²) in [5.74, 6) is -0.189. The van der Waals surface area contributed by atoms with E-state index in [-0.39, 0.29) is 17.7 Å². The van der Waals surface area contributed by atoms with Crippen LogP contribution in [-0.4, -0.2) is 11.8 Å². The first-order valence-corrected chi connectivity index (χ1v) is 8.29. The molecule has 0 radical (unpaired) electrons. The minimum Gasteiger partial charge on any atom is -0.326 e. The summed E-state index contributed by atoms with van der Waals surface area (Å²) in [6.45, 7) is 4.01. The van der Waals surface area contributed by atoms with E-state index in [0.29, 0.717) is 19.3 Å². The fraction of sp³-hybridized carbons (Fsp3) is 0.300. The first kappa shape index (κ1) is 16.2. The van der Waals surface area contributed by atoms with E-state index in [4.69, 9.17) is 0 Å². The van der Waals surface area contributed by atoms with Crippen molar-refractivity contribution in [2.45, 2.75) is 33.1 Å². The zero-order chi connectivity index (χ0) is 17.1. The molecule has 4 nitrogen and oxygen atoms in total. The highest BCUT2D eigenvalue weighted by Gasteiger charge is 2.26. The summed E-state index contributed by atoms with van der Waals surface area (Å²) in [6, 6.07) is 13.8. The Morgan fingerprint density at radius 3 is 2.79 bits per heavy atom. The summed E-state index contributed by atoms with van der Waals surface area (Å²) in [4.78, 5) is 24.4. The monoisotopic (exact) mass is 322 g/mol. The smallest absolute Gasteiger partial charge is 0.227 e. The number of rotatable bonds is 4. The number of para-hydroxylation sites is 1. The molecule has 0 aliphatic carbocycles. The zero-order valence-electron chi connectivity index (χ0n) is 14.1. The summed E-state index contributed by atoms with van der Waals surface area (Å²) >= 11 is 0. The Hall–Kier alpha value is -2.62. The number of amides is 2. The number of hydrogen-bond donors (Lipinski definition) is 2. The van der Waals surface area contributed by atoms with Gasteiger partial charge in [-0.15, -0.1) is 0 Å². The van der Waals surface area contributed by atoms with E-state index in [0.717, 1.165) is 22.5 Å². The molecule has 1 aliphatic heterocycles. The number of carbonyl (C=O) groups excluding carboxylic acids is 2. The first-order chi connectivity index (χ1) is 11.5. The van der Waals surface area contributed by atoms with Gasteiger partial charge in [0.1, 0.15) is 0 Å². The van der Waals surface area contributed by atoms with Gasteiger partial charge < -0.3 is 10.6 Å². The summed E-state index contributed by atoms with van der Waals surface area (Å²) in [5, 5.41) is 5.87. The van der Waals surface area contributed by atoms with E-state index in [1.807, 2.05) is 56.3 Å². The third-order valence-corrected chi connectivity index (χ3v) is 4.49. The van der Waals surface area contributed by atoms with Crippen molar-refractivity contribution in [2.75, 3.05) is 10.6 Å². The second-order valence-corrected chi connectivity index (χ2v) is 6.45. The van der Waals surface area contributed by atoms with Crippen LogP contribution in [-0.2, 0) is 16.0 Å². The Bertz CT molecular complexity index is 783. The number of benzene rings is 2. The lowest BCUT2D eigenvalue weighted by Crippen LogP contribution is -2.30. The maximum atomic E-state index is 12.2. The molecule has 124 valence electrons. The average molecular weight is 322 g/mol. The van der Waals surface area contributed by atoms with E-state index in [1.54, 1.807) is 0 Å². The molecule has 0 aromatic heterocycles. The van der Waals surface area contributed by atoms with Gasteiger partial charge in [0, 0.05) is 23.7 Å². The van der Waals surface area contributed by atoms with Crippen LogP contribution < -0.4 is 10.6 Å². The molecule has 2 amide bonds. The molecule has 0 bridgehead atoms. The van der Waals surface area contributed by atoms with Crippen molar-refractivity contribution in [3.8, 4) is 0 Å². The number of carbonyl (C=O) groups is 2. The van der Waals surface area contributed by atoms with Crippen molar-refractivity contribution in [3.05, 3.63) is 59.2 Å². The molecule has 1 aliphatic rings. The molecule has 4 heteroatoms. The van der Waals surface area contributed by atoms with E-state index in [2.05, 4.69) is 10.6 Å². The summed E-state index contributed by atoms with van der Waals surface area (Å²) in [7, 11) is 0. The topological polar surface area (TPSA) is 58.2 Å². The van der Waals surface area contributed by atoms with Gasteiger partial charge in [0.2, 0.25) is 11.8 Å². The molecule has 2 aromatic rings. The average Bonchev–Trinajstić information content (AvgIpc) is 2.55. The van der Waals surface area contributed by atoms with Crippen LogP contribution in [0.2, 0.25) is 0 Å². The molecule has 1 unspecified atom stereocenters. The Morgan fingerprint density at radius 2 is 2.00 bits per heavy atom. The maximum Gasteiger partial charge on any atom is 0.227 e. The van der Waals surface area contributed by atoms with E-state index in [9.17, 15) is 9.59 Å². The minimum atomic E-state index is -0.148. The molecule has 2 aromatic carbocycles. The van der Waals surface area contributed by atoms with Crippen LogP contribution in [0.3, 0.4) is 0 Å². The van der Waals surface area contributed by atoms with Gasteiger partial charge in [-0.2, -0.15) is 0 Å². The second kappa shape index (κ2) is 6.87. The Balaban J connectivity index is 1.57. The van der Waals surface area contributed by atoms with Gasteiger partial charge in [0.05, 0.1) is 0 Å². The minimum absolute atomic E-state index is 0.00742. The van der Waals surface area contributed by atoms with Gasteiger partial charge in [-0.3, -0.25) is 9.59 Å². The molecule has 1 atom stereocenters. The Kier molecular flexibility index (Phi) is 4.65. The molecule has 24 heavy (non-hydrogen) atoms. The standard InChI is InChI=1S/C20H22N2O2/c1-13-7-9-17(14(2)11-13)21-19(23)10-8-16-12-15-5-3-4-6-18(15)22-20(16)24/h3-7,9,11,16H,8,10,12H2,1-2H3,(H,21,23)(H,22,24). The number of fused-ring (bicyclic) bond motifs is 1. The third kappa shape index (κ3) is 3.65. The maximum absolute atomic E-state index is 12.2. The number of hydrogen-bond acceptors (Lipinski definition) is 2. The highest BCUT2D eigenvalue weighted by molar-refractivity contribution is 5.96. The molecule has 1 heterocycles. The van der Waals surface area contributed by atoms with Gasteiger partial charge in [0.25, 0.3) is 0 Å². The van der Waals surface area contributed by atoms with Gasteiger partial charge in [-0.05, 0) is 49.9 Å². The quantitative estimate of drug-likeness (QED) is 0.898. The fourth-order valence-corrected chi connectivity index (χ4v) is 3.12. The normalized spacial score (nSPS) is 16.2. The fourth-order valence-electron chi connectivity index (χ4n) is 3.12. The van der Waals surface area contributed by atoms with Crippen LogP contribution in [0.5, 0.6) is 0 Å². The first-order valence-electron chi connectivity index (χ1n) is 8.29. The van der Waals surface area contributed by atoms with Crippen molar-refractivity contribution < 1.29 is 9.59 Å². The van der Waals surface area contributed by atoms with Gasteiger partial charge >= 0.3 is 0 Å². The van der Waals surface area contributed by atoms with Crippen molar-refractivity contribution in [3.63, 3.8) is 0 Å². The summed E-state index contributed by atoms with van der Waals surface area (Å²) in [6.07, 6.45) is 1.59. The van der Waals surface area contributed by atoms with Crippen LogP contribution in [0.4, 0.5) is 11.4 Å². The molecule has 0 fully saturated rings. The number of aryl methyl sites for hydroxylation is 2. The van der Waals surface area contributed by atoms with E-state index >= 15 is 0 Å². The number of anilines is 2. The van der Waals surface area contributed by atoms with E-state index < -0.39 is 0 Å². The second-order valence-electron chi connectivity index (χ2n) is 6.45. The predicted octanol–water partition coefficient (Wildman–Crippen LogP) is 3.83. The van der Waals surface area contributed by atoms with Gasteiger partial charge in [-0.25, -0.2) is 0 Å². The molecule has 2 N–H and O–H groups in total. The van der Waals surface area contributed by atoms with Crippen molar-refractivity contribution in [2.24, 2.45) is 5.92 Å². The van der Waals surface area contributed by atoms with Crippen molar-refractivity contribution in [1.82, 2.24) is 0 Å². The molecule has 3 rings (SSSR count). The molecule has 0 saturated carbocycles. The van der Waals surface area contributed by atoms with Crippen LogP contribution >= 0.6 is 0 Å². The van der Waals surface area contributed by atoms with Crippen molar-refractivity contribution >= 4 is 23.2 Å². The largest absolute Gasteiger partial charge is 0.326 e. The predicted molar refractivity (Wildman–Crippen MR) is 96.0 cm³/mol. The molecule has 0 saturated heterocycles. The van der Waals surface area contributed by atoms with Gasteiger partial charge in [-0.1, -0.05) is 35.9 Å². The zero-order valence-corrected chi connectivity index (χ0v) is 14.1. The molecular weight excluding hydrogens is 300 g/mol. The summed E-state index contributed by atoms with van der Waals surface area (Å²) < 4.78 is 0. The Morgan fingerprint density at radius 1 is 1.21 bits per heavy atom. The lowest BCUT2D eigenvalue weighted by Gasteiger charge is -2.24. The van der Waals surface area contributed by atoms with Gasteiger partial charge in [0.15, 0.2) is 0 Å². The molecular formula is C20H22N2O2. The van der Waals surface area contributed by atoms with Crippen LogP contribution in [0.25, 0.3) is 0 Å². The van der Waals surface area contributed by atoms with Crippen LogP contribution in [0.15, 0.2) is 42.5 Å². The third-order valence-electron chi connectivity index (χ3n) is 4.49. The summed E-state index contributed by atoms with van der Waals surface area (Å²) in [5.41, 5.74) is 5.08. The van der Waals surface area contributed by atoms with E-state index in [1.165, 1.54) is 5.56 Å².